The number of ether oxygens (including phenoxy) is 1. The molecule has 0 atom stereocenters. The van der Waals surface area contributed by atoms with Gasteiger partial charge in [-0.2, -0.15) is 23.5 Å². The molecule has 0 heterocycles. The third-order valence-electron chi connectivity index (χ3n) is 3.47. The number of nitrogens with one attached hydrogen (secondary N) is 2. The van der Waals surface area contributed by atoms with Gasteiger partial charge in [-0.3, -0.25) is 10.8 Å². The number of halogens is 5. The number of anilines is 1. The van der Waals surface area contributed by atoms with Crippen LogP contribution in [0.1, 0.15) is 11.1 Å². The Morgan fingerprint density at radius 1 is 1.25 bits per heavy atom. The number of hydrogen-bond donors (Lipinski definition) is 3. The third-order valence-corrected chi connectivity index (χ3v) is 3.47. The summed E-state index contributed by atoms with van der Waals surface area (Å²) in [5.41, 5.74) is 6.27. The Morgan fingerprint density at radius 2 is 1.86 bits per heavy atom. The van der Waals surface area contributed by atoms with Gasteiger partial charge in [0.05, 0.1) is 11.3 Å². The number of hydrogen-bond acceptors (Lipinski definition) is 5. The first-order valence-electron chi connectivity index (χ1n) is 7.46. The van der Waals surface area contributed by atoms with Crippen molar-refractivity contribution in [3.05, 3.63) is 53.1 Å². The van der Waals surface area contributed by atoms with Crippen LogP contribution in [0.15, 0.2) is 35.4 Å². The Hall–Kier alpha value is -3.68. The predicted molar refractivity (Wildman–Crippen MR) is 91.2 cm³/mol. The van der Waals surface area contributed by atoms with Crippen molar-refractivity contribution >= 4 is 17.2 Å². The third kappa shape index (κ3) is 4.53. The molecule has 2 rings (SSSR count). The van der Waals surface area contributed by atoms with Crippen LogP contribution in [0, 0.1) is 35.3 Å². The van der Waals surface area contributed by atoms with Crippen LogP contribution in [0.2, 0.25) is 0 Å². The van der Waals surface area contributed by atoms with Gasteiger partial charge in [0, 0.05) is 5.56 Å². The fourth-order valence-corrected chi connectivity index (χ4v) is 2.04. The SMILES string of the molecule is Cc1c(N/N=C(\C#N)C(=N)N)cccc1Oc1c(F)cc(C(F)(F)F)cc1F. The maximum absolute atomic E-state index is 14.0. The van der Waals surface area contributed by atoms with E-state index in [0.717, 1.165) is 0 Å². The lowest BCUT2D eigenvalue weighted by molar-refractivity contribution is -0.138. The molecule has 6 nitrogen and oxygen atoms in total. The van der Waals surface area contributed by atoms with Crippen LogP contribution in [-0.2, 0) is 6.18 Å². The van der Waals surface area contributed by atoms with E-state index in [1.165, 1.54) is 25.1 Å². The Balaban J connectivity index is 2.36. The second-order valence-electron chi connectivity index (χ2n) is 5.40. The molecular weight excluding hydrogens is 385 g/mol. The van der Waals surface area contributed by atoms with Crippen molar-refractivity contribution in [2.75, 3.05) is 5.43 Å². The van der Waals surface area contributed by atoms with Crippen LogP contribution in [-0.4, -0.2) is 11.5 Å². The van der Waals surface area contributed by atoms with Gasteiger partial charge in [0.2, 0.25) is 5.71 Å². The van der Waals surface area contributed by atoms with E-state index < -0.39 is 40.7 Å². The zero-order valence-corrected chi connectivity index (χ0v) is 14.2. The van der Waals surface area contributed by atoms with E-state index in [2.05, 4.69) is 10.5 Å². The monoisotopic (exact) mass is 397 g/mol. The fourth-order valence-electron chi connectivity index (χ4n) is 2.04. The smallest absolute Gasteiger partial charge is 0.416 e. The maximum atomic E-state index is 14.0. The Labute approximate surface area is 155 Å². The van der Waals surface area contributed by atoms with Crippen molar-refractivity contribution < 1.29 is 26.7 Å². The Morgan fingerprint density at radius 3 is 2.36 bits per heavy atom. The summed E-state index contributed by atoms with van der Waals surface area (Å²) in [6, 6.07) is 6.09. The second kappa shape index (κ2) is 7.91. The minimum Gasteiger partial charge on any atom is -0.451 e. The molecule has 0 amide bonds. The van der Waals surface area contributed by atoms with Crippen molar-refractivity contribution in [1.29, 1.82) is 10.7 Å². The topological polar surface area (TPSA) is 107 Å². The van der Waals surface area contributed by atoms with Crippen molar-refractivity contribution in [3.63, 3.8) is 0 Å². The first-order valence-corrected chi connectivity index (χ1v) is 7.46. The van der Waals surface area contributed by atoms with Gasteiger partial charge in [-0.25, -0.2) is 8.78 Å². The van der Waals surface area contributed by atoms with E-state index >= 15 is 0 Å². The maximum Gasteiger partial charge on any atom is 0.416 e. The first-order chi connectivity index (χ1) is 13.0. The summed E-state index contributed by atoms with van der Waals surface area (Å²) in [6.07, 6.45) is -4.91. The van der Waals surface area contributed by atoms with Gasteiger partial charge in [-0.15, -0.1) is 0 Å². The minimum absolute atomic E-state index is 0.0703. The number of hydrazone groups is 1. The van der Waals surface area contributed by atoms with E-state index in [1.54, 1.807) is 6.07 Å². The molecule has 146 valence electrons. The molecule has 2 aromatic rings. The average Bonchev–Trinajstić information content (AvgIpc) is 2.59. The molecule has 0 unspecified atom stereocenters. The van der Waals surface area contributed by atoms with Gasteiger partial charge >= 0.3 is 6.18 Å². The average molecular weight is 397 g/mol. The lowest BCUT2D eigenvalue weighted by Crippen LogP contribution is -2.21. The zero-order valence-electron chi connectivity index (χ0n) is 14.2. The van der Waals surface area contributed by atoms with Crippen LogP contribution in [0.3, 0.4) is 0 Å². The molecule has 0 aromatic heterocycles. The Kier molecular flexibility index (Phi) is 5.83. The van der Waals surface area contributed by atoms with E-state index in [9.17, 15) is 22.0 Å². The van der Waals surface area contributed by atoms with Gasteiger partial charge in [0.25, 0.3) is 0 Å². The number of amidine groups is 1. The number of nitrogens with zero attached hydrogens (tertiary/aromatic N) is 2. The quantitative estimate of drug-likeness (QED) is 0.302. The number of alkyl halides is 3. The van der Waals surface area contributed by atoms with Crippen molar-refractivity contribution in [1.82, 2.24) is 0 Å². The zero-order chi connectivity index (χ0) is 21.1. The first kappa shape index (κ1) is 20.6. The molecule has 0 saturated carbocycles. The number of benzene rings is 2. The second-order valence-corrected chi connectivity index (χ2v) is 5.40. The molecule has 0 aliphatic carbocycles. The highest BCUT2D eigenvalue weighted by Crippen LogP contribution is 2.37. The molecule has 11 heteroatoms. The number of nitriles is 1. The summed E-state index contributed by atoms with van der Waals surface area (Å²) >= 11 is 0. The number of nitrogens with two attached hydrogens (primary N) is 1. The van der Waals surface area contributed by atoms with Gasteiger partial charge in [-0.05, 0) is 31.2 Å². The minimum atomic E-state index is -4.91. The molecule has 4 N–H and O–H groups in total. The van der Waals surface area contributed by atoms with Gasteiger partial charge in [0.15, 0.2) is 23.2 Å². The molecule has 0 aliphatic rings. The predicted octanol–water partition coefficient (Wildman–Crippen LogP) is 4.31. The van der Waals surface area contributed by atoms with Crippen molar-refractivity contribution in [2.45, 2.75) is 13.1 Å². The highest BCUT2D eigenvalue weighted by molar-refractivity contribution is 6.45. The van der Waals surface area contributed by atoms with Crippen molar-refractivity contribution in [2.24, 2.45) is 10.8 Å². The molecule has 0 saturated heterocycles. The van der Waals surface area contributed by atoms with Crippen LogP contribution in [0.5, 0.6) is 11.5 Å². The molecule has 0 aliphatic heterocycles. The molecule has 0 fully saturated rings. The van der Waals surface area contributed by atoms with Gasteiger partial charge in [-0.1, -0.05) is 6.07 Å². The van der Waals surface area contributed by atoms with E-state index in [4.69, 9.17) is 21.1 Å². The fraction of sp³-hybridized carbons (Fsp3) is 0.118. The molecule has 0 spiro atoms. The molecule has 0 bridgehead atoms. The summed E-state index contributed by atoms with van der Waals surface area (Å²) < 4.78 is 70.9. The molecule has 2 aromatic carbocycles. The molecular formula is C17H12F5N5O. The van der Waals surface area contributed by atoms with Crippen LogP contribution < -0.4 is 15.9 Å². The normalized spacial score (nSPS) is 11.7. The van der Waals surface area contributed by atoms with Crippen LogP contribution in [0.4, 0.5) is 27.6 Å². The lowest BCUT2D eigenvalue weighted by Gasteiger charge is -2.14. The van der Waals surface area contributed by atoms with Crippen molar-refractivity contribution in [3.8, 4) is 17.6 Å². The largest absolute Gasteiger partial charge is 0.451 e. The molecule has 0 radical (unpaired) electrons. The summed E-state index contributed by atoms with van der Waals surface area (Å²) in [5.74, 6) is -4.69. The van der Waals surface area contributed by atoms with Crippen LogP contribution in [0.25, 0.3) is 0 Å². The number of rotatable bonds is 5. The highest BCUT2D eigenvalue weighted by atomic mass is 19.4. The lowest BCUT2D eigenvalue weighted by atomic mass is 10.1. The summed E-state index contributed by atoms with van der Waals surface area (Å²) in [4.78, 5) is 0. The summed E-state index contributed by atoms with van der Waals surface area (Å²) in [7, 11) is 0. The van der Waals surface area contributed by atoms with E-state index in [0.29, 0.717) is 0 Å². The standard InChI is InChI=1S/C17H12F5N5O/c1-8-12(26-27-13(7-23)16(24)25)3-2-4-14(8)28-15-10(18)5-9(6-11(15)19)17(20,21)22/h2-6,26H,1H3,(H3,24,25)/b27-13+. The summed E-state index contributed by atoms with van der Waals surface area (Å²) in [5, 5.41) is 19.6. The summed E-state index contributed by atoms with van der Waals surface area (Å²) in [6.45, 7) is 1.48. The highest BCUT2D eigenvalue weighted by Gasteiger charge is 2.33. The van der Waals surface area contributed by atoms with E-state index in [1.807, 2.05) is 0 Å². The Bertz CT molecular complexity index is 971. The molecule has 28 heavy (non-hydrogen) atoms. The van der Waals surface area contributed by atoms with E-state index in [-0.39, 0.29) is 29.1 Å². The van der Waals surface area contributed by atoms with Crippen LogP contribution >= 0.6 is 0 Å². The van der Waals surface area contributed by atoms with Gasteiger partial charge < -0.3 is 10.5 Å². The van der Waals surface area contributed by atoms with Gasteiger partial charge in [0.1, 0.15) is 11.8 Å².